The number of hydrogen-bond acceptors (Lipinski definition) is 3. The van der Waals surface area contributed by atoms with Crippen molar-refractivity contribution < 1.29 is 19.4 Å². The topological polar surface area (TPSA) is 87.7 Å². The van der Waals surface area contributed by atoms with Gasteiger partial charge in [-0.05, 0) is 37.5 Å². The van der Waals surface area contributed by atoms with Crippen LogP contribution in [0.5, 0.6) is 0 Å². The Morgan fingerprint density at radius 2 is 2.00 bits per heavy atom. The first kappa shape index (κ1) is 15.1. The molecule has 20 heavy (non-hydrogen) atoms. The van der Waals surface area contributed by atoms with Crippen molar-refractivity contribution >= 4 is 12.0 Å². The summed E-state index contributed by atoms with van der Waals surface area (Å²) in [7, 11) is 0. The number of carboxylic acids is 1. The van der Waals surface area contributed by atoms with Gasteiger partial charge in [0, 0.05) is 6.61 Å². The van der Waals surface area contributed by atoms with Gasteiger partial charge in [-0.15, -0.1) is 0 Å². The van der Waals surface area contributed by atoms with Crippen LogP contribution in [-0.2, 0) is 9.53 Å². The number of carbonyl (C=O) groups excluding carboxylic acids is 1. The molecule has 2 unspecified atom stereocenters. The Labute approximate surface area is 119 Å². The largest absolute Gasteiger partial charge is 0.480 e. The molecule has 2 amide bonds. The second-order valence-electron chi connectivity index (χ2n) is 6.21. The number of aliphatic carboxylic acids is 1. The van der Waals surface area contributed by atoms with Crippen LogP contribution in [0.2, 0.25) is 0 Å². The SMILES string of the molecule is CC(C)C[C@H](NC(=O)NC1CCOC1C1CC1)C(=O)O. The van der Waals surface area contributed by atoms with Crippen molar-refractivity contribution in [3.8, 4) is 0 Å². The highest BCUT2D eigenvalue weighted by Gasteiger charge is 2.41. The molecular formula is C14H24N2O4. The normalized spacial score (nSPS) is 27.4. The van der Waals surface area contributed by atoms with Gasteiger partial charge in [-0.25, -0.2) is 9.59 Å². The Morgan fingerprint density at radius 3 is 2.55 bits per heavy atom. The molecule has 0 aromatic carbocycles. The van der Waals surface area contributed by atoms with E-state index < -0.39 is 18.0 Å². The number of nitrogens with one attached hydrogen (secondary N) is 2. The molecule has 1 aliphatic carbocycles. The van der Waals surface area contributed by atoms with E-state index in [2.05, 4.69) is 10.6 Å². The molecule has 0 radical (unpaired) electrons. The van der Waals surface area contributed by atoms with Crippen molar-refractivity contribution in [1.82, 2.24) is 10.6 Å². The maximum absolute atomic E-state index is 11.9. The van der Waals surface area contributed by atoms with E-state index in [0.717, 1.165) is 19.3 Å². The summed E-state index contributed by atoms with van der Waals surface area (Å²) in [6.45, 7) is 4.54. The van der Waals surface area contributed by atoms with E-state index >= 15 is 0 Å². The predicted molar refractivity (Wildman–Crippen MR) is 73.4 cm³/mol. The van der Waals surface area contributed by atoms with Crippen LogP contribution in [0.15, 0.2) is 0 Å². The Hall–Kier alpha value is -1.30. The van der Waals surface area contributed by atoms with Crippen LogP contribution in [0.4, 0.5) is 4.79 Å². The van der Waals surface area contributed by atoms with Crippen molar-refractivity contribution in [2.75, 3.05) is 6.61 Å². The van der Waals surface area contributed by atoms with E-state index in [9.17, 15) is 9.59 Å². The van der Waals surface area contributed by atoms with Gasteiger partial charge in [0.15, 0.2) is 0 Å². The number of carbonyl (C=O) groups is 2. The molecule has 2 aliphatic rings. The average Bonchev–Trinajstić information content (AvgIpc) is 3.09. The van der Waals surface area contributed by atoms with Crippen LogP contribution in [0.3, 0.4) is 0 Å². The quantitative estimate of drug-likeness (QED) is 0.687. The van der Waals surface area contributed by atoms with E-state index in [1.807, 2.05) is 13.8 Å². The maximum atomic E-state index is 11.9. The fourth-order valence-corrected chi connectivity index (χ4v) is 2.72. The number of ether oxygens (including phenoxy) is 1. The fraction of sp³-hybridized carbons (Fsp3) is 0.857. The number of amides is 2. The molecule has 0 bridgehead atoms. The van der Waals surface area contributed by atoms with Gasteiger partial charge in [0.05, 0.1) is 12.1 Å². The first-order chi connectivity index (χ1) is 9.47. The summed E-state index contributed by atoms with van der Waals surface area (Å²) in [5.74, 6) is -0.213. The summed E-state index contributed by atoms with van der Waals surface area (Å²) in [5, 5.41) is 14.5. The van der Waals surface area contributed by atoms with Gasteiger partial charge in [0.1, 0.15) is 6.04 Å². The van der Waals surface area contributed by atoms with Crippen LogP contribution in [0.25, 0.3) is 0 Å². The molecule has 1 saturated heterocycles. The highest BCUT2D eigenvalue weighted by Crippen LogP contribution is 2.38. The van der Waals surface area contributed by atoms with E-state index in [1.165, 1.54) is 0 Å². The van der Waals surface area contributed by atoms with Gasteiger partial charge in [-0.1, -0.05) is 13.8 Å². The zero-order chi connectivity index (χ0) is 14.7. The van der Waals surface area contributed by atoms with Crippen molar-refractivity contribution in [3.05, 3.63) is 0 Å². The molecule has 0 aromatic heterocycles. The van der Waals surface area contributed by atoms with Crippen molar-refractivity contribution in [2.24, 2.45) is 11.8 Å². The molecule has 1 aliphatic heterocycles. The standard InChI is InChI=1S/C14H24N2O4/c1-8(2)7-11(13(17)18)16-14(19)15-10-5-6-20-12(10)9-3-4-9/h8-12H,3-7H2,1-2H3,(H,17,18)(H2,15,16,19)/t10?,11-,12?/m0/s1. The second-order valence-corrected chi connectivity index (χ2v) is 6.21. The molecule has 3 N–H and O–H groups in total. The number of carboxylic acid groups (broad SMARTS) is 1. The third-order valence-electron chi connectivity index (χ3n) is 3.85. The monoisotopic (exact) mass is 284 g/mol. The third kappa shape index (κ3) is 4.10. The predicted octanol–water partition coefficient (Wildman–Crippen LogP) is 1.35. The molecular weight excluding hydrogens is 260 g/mol. The van der Waals surface area contributed by atoms with Crippen LogP contribution < -0.4 is 10.6 Å². The number of urea groups is 1. The fourth-order valence-electron chi connectivity index (χ4n) is 2.72. The molecule has 6 heteroatoms. The summed E-state index contributed by atoms with van der Waals surface area (Å²) in [5.41, 5.74) is 0. The third-order valence-corrected chi connectivity index (χ3v) is 3.85. The lowest BCUT2D eigenvalue weighted by atomic mass is 10.0. The summed E-state index contributed by atoms with van der Waals surface area (Å²) in [6, 6.07) is -1.23. The van der Waals surface area contributed by atoms with Gasteiger partial charge >= 0.3 is 12.0 Å². The zero-order valence-electron chi connectivity index (χ0n) is 12.1. The van der Waals surface area contributed by atoms with Crippen molar-refractivity contribution in [1.29, 1.82) is 0 Å². The van der Waals surface area contributed by atoms with Gasteiger partial charge in [-0.3, -0.25) is 0 Å². The smallest absolute Gasteiger partial charge is 0.326 e. The lowest BCUT2D eigenvalue weighted by molar-refractivity contribution is -0.139. The second kappa shape index (κ2) is 6.43. The van der Waals surface area contributed by atoms with Gasteiger partial charge in [-0.2, -0.15) is 0 Å². The summed E-state index contributed by atoms with van der Waals surface area (Å²) >= 11 is 0. The van der Waals surface area contributed by atoms with Crippen LogP contribution in [0.1, 0.15) is 39.5 Å². The van der Waals surface area contributed by atoms with Gasteiger partial charge in [0.25, 0.3) is 0 Å². The Bertz CT molecular complexity index is 368. The van der Waals surface area contributed by atoms with E-state index in [4.69, 9.17) is 9.84 Å². The molecule has 3 atom stereocenters. The molecule has 6 nitrogen and oxygen atoms in total. The molecule has 0 spiro atoms. The number of hydrogen-bond donors (Lipinski definition) is 3. The number of rotatable bonds is 6. The molecule has 2 fully saturated rings. The zero-order valence-corrected chi connectivity index (χ0v) is 12.1. The summed E-state index contributed by atoms with van der Waals surface area (Å²) < 4.78 is 5.65. The maximum Gasteiger partial charge on any atom is 0.326 e. The van der Waals surface area contributed by atoms with Gasteiger partial charge < -0.3 is 20.5 Å². The molecule has 114 valence electrons. The lowest BCUT2D eigenvalue weighted by Gasteiger charge is -2.22. The van der Waals surface area contributed by atoms with Crippen molar-refractivity contribution in [3.63, 3.8) is 0 Å². The first-order valence-electron chi connectivity index (χ1n) is 7.38. The first-order valence-corrected chi connectivity index (χ1v) is 7.38. The minimum Gasteiger partial charge on any atom is -0.480 e. The molecule has 1 heterocycles. The van der Waals surface area contributed by atoms with Crippen LogP contribution in [-0.4, -0.2) is 41.9 Å². The summed E-state index contributed by atoms with van der Waals surface area (Å²) in [4.78, 5) is 23.1. The Balaban J connectivity index is 1.82. The van der Waals surface area contributed by atoms with Crippen LogP contribution in [0, 0.1) is 11.8 Å². The Morgan fingerprint density at radius 1 is 1.30 bits per heavy atom. The summed E-state index contributed by atoms with van der Waals surface area (Å²) in [6.07, 6.45) is 3.66. The Kier molecular flexibility index (Phi) is 4.86. The van der Waals surface area contributed by atoms with Crippen molar-refractivity contribution in [2.45, 2.75) is 57.7 Å². The average molecular weight is 284 g/mol. The highest BCUT2D eigenvalue weighted by atomic mass is 16.5. The van der Waals surface area contributed by atoms with Crippen LogP contribution >= 0.6 is 0 Å². The highest BCUT2D eigenvalue weighted by molar-refractivity contribution is 5.82. The minimum absolute atomic E-state index is 0.0102. The van der Waals surface area contributed by atoms with E-state index in [0.29, 0.717) is 18.9 Å². The van der Waals surface area contributed by atoms with E-state index in [1.54, 1.807) is 0 Å². The van der Waals surface area contributed by atoms with E-state index in [-0.39, 0.29) is 18.1 Å². The lowest BCUT2D eigenvalue weighted by Crippen LogP contribution is -2.51. The molecule has 2 rings (SSSR count). The molecule has 1 saturated carbocycles. The van der Waals surface area contributed by atoms with Gasteiger partial charge in [0.2, 0.25) is 0 Å². The molecule has 0 aromatic rings. The minimum atomic E-state index is -0.990.